The Bertz CT molecular complexity index is 1110. The van der Waals surface area contributed by atoms with Crippen LogP contribution in [-0.4, -0.2) is 14.3 Å². The van der Waals surface area contributed by atoms with Gasteiger partial charge in [-0.3, -0.25) is 9.52 Å². The third kappa shape index (κ3) is 5.05. The van der Waals surface area contributed by atoms with Crippen molar-refractivity contribution < 1.29 is 17.6 Å². The lowest BCUT2D eigenvalue weighted by molar-refractivity contribution is -0.111. The highest BCUT2D eigenvalue weighted by atomic mass is 32.2. The van der Waals surface area contributed by atoms with Crippen LogP contribution in [0.1, 0.15) is 5.56 Å². The van der Waals surface area contributed by atoms with Crippen LogP contribution in [0.25, 0.3) is 6.08 Å². The highest BCUT2D eigenvalue weighted by Crippen LogP contribution is 2.19. The minimum absolute atomic E-state index is 0.136. The van der Waals surface area contributed by atoms with E-state index in [1.165, 1.54) is 36.4 Å². The van der Waals surface area contributed by atoms with Gasteiger partial charge in [0.2, 0.25) is 5.91 Å². The maximum absolute atomic E-state index is 13.6. The van der Waals surface area contributed by atoms with Crippen molar-refractivity contribution in [3.8, 4) is 0 Å². The molecule has 3 aromatic rings. The van der Waals surface area contributed by atoms with Gasteiger partial charge in [0.05, 0.1) is 10.6 Å². The van der Waals surface area contributed by atoms with Gasteiger partial charge in [-0.25, -0.2) is 12.8 Å². The molecule has 0 aliphatic rings. The molecule has 0 atom stereocenters. The molecule has 0 spiro atoms. The van der Waals surface area contributed by atoms with Gasteiger partial charge in [-0.05, 0) is 42.5 Å². The first kappa shape index (κ1) is 19.3. The van der Waals surface area contributed by atoms with E-state index in [-0.39, 0.29) is 4.90 Å². The first-order valence-electron chi connectivity index (χ1n) is 8.35. The molecule has 142 valence electrons. The molecule has 0 aliphatic carbocycles. The number of carbonyl (C=O) groups excluding carboxylic acids is 1. The topological polar surface area (TPSA) is 75.3 Å². The Hall–Kier alpha value is -3.45. The van der Waals surface area contributed by atoms with Crippen molar-refractivity contribution in [2.45, 2.75) is 4.90 Å². The average Bonchev–Trinajstić information content (AvgIpc) is 2.68. The molecule has 0 radical (unpaired) electrons. The molecule has 7 heteroatoms. The third-order valence-corrected chi connectivity index (χ3v) is 5.15. The first-order chi connectivity index (χ1) is 13.4. The van der Waals surface area contributed by atoms with E-state index < -0.39 is 21.7 Å². The Kier molecular flexibility index (Phi) is 5.86. The summed E-state index contributed by atoms with van der Waals surface area (Å²) < 4.78 is 40.8. The maximum Gasteiger partial charge on any atom is 0.261 e. The van der Waals surface area contributed by atoms with E-state index >= 15 is 0 Å². The van der Waals surface area contributed by atoms with Crippen LogP contribution in [0.3, 0.4) is 0 Å². The summed E-state index contributed by atoms with van der Waals surface area (Å²) in [6, 6.07) is 20.4. The molecule has 3 aromatic carbocycles. The fraction of sp³-hybridized carbons (Fsp3) is 0. The van der Waals surface area contributed by atoms with E-state index in [9.17, 15) is 17.6 Å². The molecule has 0 saturated heterocycles. The summed E-state index contributed by atoms with van der Waals surface area (Å²) in [5, 5.41) is 2.61. The highest BCUT2D eigenvalue weighted by molar-refractivity contribution is 7.92. The van der Waals surface area contributed by atoms with Crippen molar-refractivity contribution in [3.05, 3.63) is 96.3 Å². The zero-order chi connectivity index (χ0) is 20.0. The van der Waals surface area contributed by atoms with Gasteiger partial charge in [-0.1, -0.05) is 42.5 Å². The summed E-state index contributed by atoms with van der Waals surface area (Å²) in [6.07, 6.45) is 2.58. The van der Waals surface area contributed by atoms with Gasteiger partial charge >= 0.3 is 0 Å². The molecule has 0 heterocycles. The second-order valence-electron chi connectivity index (χ2n) is 5.84. The predicted molar refractivity (Wildman–Crippen MR) is 108 cm³/mol. The lowest BCUT2D eigenvalue weighted by Gasteiger charge is -2.10. The summed E-state index contributed by atoms with van der Waals surface area (Å²) in [7, 11) is -3.73. The third-order valence-electron chi connectivity index (χ3n) is 3.76. The van der Waals surface area contributed by atoms with Gasteiger partial charge in [0.25, 0.3) is 10.0 Å². The van der Waals surface area contributed by atoms with Crippen LogP contribution in [-0.2, 0) is 14.8 Å². The number of amides is 1. The Morgan fingerprint density at radius 3 is 2.29 bits per heavy atom. The molecule has 28 heavy (non-hydrogen) atoms. The molecule has 0 aromatic heterocycles. The Morgan fingerprint density at radius 1 is 0.857 bits per heavy atom. The highest BCUT2D eigenvalue weighted by Gasteiger charge is 2.13. The van der Waals surface area contributed by atoms with Crippen LogP contribution < -0.4 is 10.0 Å². The zero-order valence-corrected chi connectivity index (χ0v) is 15.5. The molecule has 0 fully saturated rings. The van der Waals surface area contributed by atoms with E-state index in [4.69, 9.17) is 0 Å². The first-order valence-corrected chi connectivity index (χ1v) is 9.84. The average molecular weight is 396 g/mol. The van der Waals surface area contributed by atoms with Crippen molar-refractivity contribution in [3.63, 3.8) is 0 Å². The number of carbonyl (C=O) groups is 1. The summed E-state index contributed by atoms with van der Waals surface area (Å²) >= 11 is 0. The largest absolute Gasteiger partial charge is 0.322 e. The zero-order valence-electron chi connectivity index (χ0n) is 14.7. The molecule has 0 aliphatic heterocycles. The van der Waals surface area contributed by atoms with Crippen molar-refractivity contribution in [2.24, 2.45) is 0 Å². The fourth-order valence-corrected chi connectivity index (χ4v) is 3.50. The molecule has 3 rings (SSSR count). The van der Waals surface area contributed by atoms with Gasteiger partial charge in [0.15, 0.2) is 0 Å². The van der Waals surface area contributed by atoms with Crippen molar-refractivity contribution in [1.29, 1.82) is 0 Å². The Morgan fingerprint density at radius 2 is 1.54 bits per heavy atom. The Labute approximate surface area is 162 Å². The van der Waals surface area contributed by atoms with Gasteiger partial charge in [0.1, 0.15) is 5.82 Å². The van der Waals surface area contributed by atoms with Gasteiger partial charge in [-0.15, -0.1) is 0 Å². The molecule has 0 saturated carbocycles. The van der Waals surface area contributed by atoms with Crippen molar-refractivity contribution >= 4 is 33.4 Å². The number of halogens is 1. The minimum Gasteiger partial charge on any atom is -0.322 e. The molecule has 0 unspecified atom stereocenters. The number of anilines is 2. The van der Waals surface area contributed by atoms with Crippen LogP contribution in [0.4, 0.5) is 15.8 Å². The summed E-state index contributed by atoms with van der Waals surface area (Å²) in [4.78, 5) is 12.2. The molecule has 0 bridgehead atoms. The van der Waals surface area contributed by atoms with E-state index in [1.807, 2.05) is 0 Å². The van der Waals surface area contributed by atoms with E-state index in [1.54, 1.807) is 54.6 Å². The number of sulfonamides is 1. The molecule has 1 amide bonds. The quantitative estimate of drug-likeness (QED) is 0.611. The van der Waals surface area contributed by atoms with Crippen LogP contribution in [0, 0.1) is 5.82 Å². The normalized spacial score (nSPS) is 11.3. The van der Waals surface area contributed by atoms with E-state index in [0.29, 0.717) is 16.9 Å². The number of hydrogen-bond donors (Lipinski definition) is 2. The molecular weight excluding hydrogens is 379 g/mol. The van der Waals surface area contributed by atoms with Crippen LogP contribution >= 0.6 is 0 Å². The number of benzene rings is 3. The summed E-state index contributed by atoms with van der Waals surface area (Å²) in [5.41, 5.74) is 0.998. The smallest absolute Gasteiger partial charge is 0.261 e. The van der Waals surface area contributed by atoms with Gasteiger partial charge in [-0.2, -0.15) is 0 Å². The van der Waals surface area contributed by atoms with Crippen LogP contribution in [0.2, 0.25) is 0 Å². The number of nitrogens with one attached hydrogen (secondary N) is 2. The maximum atomic E-state index is 13.6. The number of hydrogen-bond acceptors (Lipinski definition) is 3. The van der Waals surface area contributed by atoms with Gasteiger partial charge in [0, 0.05) is 17.3 Å². The summed E-state index contributed by atoms with van der Waals surface area (Å²) in [6.45, 7) is 0. The standard InChI is InChI=1S/C21H17FN2O3S/c22-20-12-5-4-7-16(20)13-14-21(25)23-17-8-6-9-18(15-17)24-28(26,27)19-10-2-1-3-11-19/h1-15,24H,(H,23,25)/b14-13+. The summed E-state index contributed by atoms with van der Waals surface area (Å²) in [5.74, 6) is -0.893. The minimum atomic E-state index is -3.73. The molecule has 2 N–H and O–H groups in total. The second-order valence-corrected chi connectivity index (χ2v) is 7.53. The SMILES string of the molecule is O=C(/C=C/c1ccccc1F)Nc1cccc(NS(=O)(=O)c2ccccc2)c1. The molecule has 5 nitrogen and oxygen atoms in total. The van der Waals surface area contributed by atoms with Crippen molar-refractivity contribution in [1.82, 2.24) is 0 Å². The second kappa shape index (κ2) is 8.49. The van der Waals surface area contributed by atoms with Crippen molar-refractivity contribution in [2.75, 3.05) is 10.0 Å². The number of rotatable bonds is 6. The van der Waals surface area contributed by atoms with E-state index in [0.717, 1.165) is 0 Å². The Balaban J connectivity index is 1.70. The predicted octanol–water partition coefficient (Wildman–Crippen LogP) is 4.28. The monoisotopic (exact) mass is 396 g/mol. The van der Waals surface area contributed by atoms with E-state index in [2.05, 4.69) is 10.0 Å². The van der Waals surface area contributed by atoms with Crippen LogP contribution in [0.15, 0.2) is 89.8 Å². The molecular formula is C21H17FN2O3S. The fourth-order valence-electron chi connectivity index (χ4n) is 2.43. The van der Waals surface area contributed by atoms with Crippen LogP contribution in [0.5, 0.6) is 0 Å². The lowest BCUT2D eigenvalue weighted by Crippen LogP contribution is -2.13. The van der Waals surface area contributed by atoms with Gasteiger partial charge < -0.3 is 5.32 Å². The lowest BCUT2D eigenvalue weighted by atomic mass is 10.2.